The van der Waals surface area contributed by atoms with Gasteiger partial charge in [0.05, 0.1) is 6.10 Å². The van der Waals surface area contributed by atoms with Crippen LogP contribution < -0.4 is 11.1 Å². The van der Waals surface area contributed by atoms with E-state index in [-0.39, 0.29) is 11.8 Å². The molecule has 2 aliphatic heterocycles. The summed E-state index contributed by atoms with van der Waals surface area (Å²) >= 11 is 0. The molecule has 0 bridgehead atoms. The summed E-state index contributed by atoms with van der Waals surface area (Å²) in [6.07, 6.45) is -0.911. The van der Waals surface area contributed by atoms with Crippen LogP contribution in [0, 0.1) is 0 Å². The molecule has 130 valence electrons. The molecule has 4 N–H and O–H groups in total. The van der Waals surface area contributed by atoms with Crippen molar-refractivity contribution in [3.8, 4) is 0 Å². The van der Waals surface area contributed by atoms with Crippen LogP contribution in [0.15, 0.2) is 30.3 Å². The lowest BCUT2D eigenvalue weighted by Gasteiger charge is -2.54. The van der Waals surface area contributed by atoms with E-state index in [1.165, 1.54) is 6.92 Å². The van der Waals surface area contributed by atoms with E-state index in [1.807, 2.05) is 30.3 Å². The number of amides is 2. The minimum atomic E-state index is -0.953. The number of hydrogen-bond donors (Lipinski definition) is 3. The Bertz CT molecular complexity index is 622. The molecular formula is C17H24N4O3. The Morgan fingerprint density at radius 2 is 2.08 bits per heavy atom. The fraction of sp³-hybridized carbons (Fsp3) is 0.529. The monoisotopic (exact) mass is 332 g/mol. The topological polar surface area (TPSA) is 98.9 Å². The van der Waals surface area contributed by atoms with Gasteiger partial charge in [0, 0.05) is 32.7 Å². The third kappa shape index (κ3) is 2.90. The number of nitrogens with zero attached hydrogens (tertiary/aromatic N) is 2. The van der Waals surface area contributed by atoms with Crippen molar-refractivity contribution in [1.29, 1.82) is 0 Å². The maximum absolute atomic E-state index is 12.4. The fourth-order valence-electron chi connectivity index (χ4n) is 3.34. The molecule has 2 aliphatic rings. The van der Waals surface area contributed by atoms with E-state index < -0.39 is 17.7 Å². The third-order valence-electron chi connectivity index (χ3n) is 4.99. The van der Waals surface area contributed by atoms with E-state index in [0.717, 1.165) is 5.56 Å². The van der Waals surface area contributed by atoms with Gasteiger partial charge in [-0.2, -0.15) is 0 Å². The summed E-state index contributed by atoms with van der Waals surface area (Å²) in [5, 5.41) is 12.4. The second-order valence-corrected chi connectivity index (χ2v) is 6.65. The summed E-state index contributed by atoms with van der Waals surface area (Å²) in [6.45, 7) is 4.10. The zero-order valence-electron chi connectivity index (χ0n) is 13.8. The summed E-state index contributed by atoms with van der Waals surface area (Å²) in [5.74, 6) is -0.356. The summed E-state index contributed by atoms with van der Waals surface area (Å²) < 4.78 is 0. The summed E-state index contributed by atoms with van der Waals surface area (Å²) in [4.78, 5) is 28.5. The van der Waals surface area contributed by atoms with Crippen LogP contribution in [0.1, 0.15) is 12.5 Å². The Morgan fingerprint density at radius 1 is 1.38 bits per heavy atom. The summed E-state index contributed by atoms with van der Waals surface area (Å²) in [7, 11) is 0. The van der Waals surface area contributed by atoms with Crippen LogP contribution in [0.5, 0.6) is 0 Å². The lowest BCUT2D eigenvalue weighted by Crippen LogP contribution is -2.79. The maximum atomic E-state index is 12.4. The van der Waals surface area contributed by atoms with Crippen molar-refractivity contribution in [2.45, 2.75) is 31.2 Å². The van der Waals surface area contributed by atoms with Gasteiger partial charge in [-0.05, 0) is 12.5 Å². The normalized spacial score (nSPS) is 26.6. The van der Waals surface area contributed by atoms with E-state index >= 15 is 0 Å². The number of hydrogen-bond acceptors (Lipinski definition) is 5. The van der Waals surface area contributed by atoms with E-state index in [0.29, 0.717) is 32.7 Å². The molecule has 0 radical (unpaired) electrons. The highest BCUT2D eigenvalue weighted by Gasteiger charge is 2.54. The molecule has 1 spiro atoms. The van der Waals surface area contributed by atoms with Crippen LogP contribution in [0.2, 0.25) is 0 Å². The average Bonchev–Trinajstić information content (AvgIpc) is 2.60. The van der Waals surface area contributed by atoms with Crippen molar-refractivity contribution >= 4 is 11.8 Å². The minimum Gasteiger partial charge on any atom is -0.391 e. The van der Waals surface area contributed by atoms with Crippen molar-refractivity contribution in [3.63, 3.8) is 0 Å². The first kappa shape index (κ1) is 16.9. The van der Waals surface area contributed by atoms with Gasteiger partial charge in [0.2, 0.25) is 11.8 Å². The Labute approximate surface area is 141 Å². The number of nitrogens with two attached hydrogens (primary N) is 1. The van der Waals surface area contributed by atoms with Gasteiger partial charge >= 0.3 is 0 Å². The van der Waals surface area contributed by atoms with Crippen LogP contribution in [0.4, 0.5) is 0 Å². The third-order valence-corrected chi connectivity index (χ3v) is 4.99. The van der Waals surface area contributed by atoms with Crippen molar-refractivity contribution in [2.75, 3.05) is 26.2 Å². The molecule has 1 aromatic rings. The standard InChI is InChI=1S/C17H24N4O3/c1-12(22)14(18)15(23)20-7-8-21(9-13-5-3-2-4-6-13)17(11-20)10-19-16(17)24/h2-6,12,14,22H,7-11,18H2,1H3,(H,19,24)/t12?,14-,17?/m0/s1. The molecule has 3 rings (SSSR count). The van der Waals surface area contributed by atoms with Gasteiger partial charge in [0.1, 0.15) is 11.6 Å². The molecule has 2 saturated heterocycles. The lowest BCUT2D eigenvalue weighted by molar-refractivity contribution is -0.157. The smallest absolute Gasteiger partial charge is 0.244 e. The molecule has 2 amide bonds. The van der Waals surface area contributed by atoms with Gasteiger partial charge in [-0.1, -0.05) is 30.3 Å². The van der Waals surface area contributed by atoms with Gasteiger partial charge in [-0.25, -0.2) is 0 Å². The van der Waals surface area contributed by atoms with Crippen LogP contribution in [-0.4, -0.2) is 70.6 Å². The number of piperazine rings is 1. The van der Waals surface area contributed by atoms with Gasteiger partial charge in [-0.15, -0.1) is 0 Å². The van der Waals surface area contributed by atoms with Gasteiger partial charge in [0.25, 0.3) is 0 Å². The van der Waals surface area contributed by atoms with E-state index in [1.54, 1.807) is 4.90 Å². The highest BCUT2D eigenvalue weighted by atomic mass is 16.3. The number of carbonyl (C=O) groups is 2. The summed E-state index contributed by atoms with van der Waals surface area (Å²) in [6, 6.07) is 9.03. The highest BCUT2D eigenvalue weighted by molar-refractivity contribution is 5.94. The van der Waals surface area contributed by atoms with Crippen LogP contribution >= 0.6 is 0 Å². The number of rotatable bonds is 4. The van der Waals surface area contributed by atoms with Crippen molar-refractivity contribution in [1.82, 2.24) is 15.1 Å². The van der Waals surface area contributed by atoms with Crippen molar-refractivity contribution in [3.05, 3.63) is 35.9 Å². The Kier molecular flexibility index (Phi) is 4.58. The second kappa shape index (κ2) is 6.51. The molecule has 7 heteroatoms. The Morgan fingerprint density at radius 3 is 2.62 bits per heavy atom. The molecule has 2 heterocycles. The number of aliphatic hydroxyl groups is 1. The number of β-lactam (4-membered cyclic amide) rings is 1. The number of carbonyl (C=O) groups excluding carboxylic acids is 2. The molecule has 2 unspecified atom stereocenters. The lowest BCUT2D eigenvalue weighted by atomic mass is 9.85. The van der Waals surface area contributed by atoms with Crippen molar-refractivity contribution in [2.24, 2.45) is 5.73 Å². The van der Waals surface area contributed by atoms with Gasteiger partial charge in [-0.3, -0.25) is 14.5 Å². The first-order valence-corrected chi connectivity index (χ1v) is 8.24. The summed E-state index contributed by atoms with van der Waals surface area (Å²) in [5.41, 5.74) is 6.22. The van der Waals surface area contributed by atoms with E-state index in [2.05, 4.69) is 10.2 Å². The predicted octanol–water partition coefficient (Wildman–Crippen LogP) is -1.09. The minimum absolute atomic E-state index is 0.0541. The van der Waals surface area contributed by atoms with Crippen LogP contribution in [0.3, 0.4) is 0 Å². The molecule has 1 aromatic carbocycles. The number of benzene rings is 1. The second-order valence-electron chi connectivity index (χ2n) is 6.65. The molecule has 24 heavy (non-hydrogen) atoms. The maximum Gasteiger partial charge on any atom is 0.244 e. The fourth-order valence-corrected chi connectivity index (χ4v) is 3.34. The number of aliphatic hydroxyl groups excluding tert-OH is 1. The van der Waals surface area contributed by atoms with E-state index in [9.17, 15) is 14.7 Å². The molecule has 0 aromatic heterocycles. The van der Waals surface area contributed by atoms with Crippen molar-refractivity contribution < 1.29 is 14.7 Å². The first-order valence-electron chi connectivity index (χ1n) is 8.24. The predicted molar refractivity (Wildman–Crippen MR) is 88.8 cm³/mol. The zero-order valence-corrected chi connectivity index (χ0v) is 13.8. The quantitative estimate of drug-likeness (QED) is 0.609. The zero-order chi connectivity index (χ0) is 17.3. The largest absolute Gasteiger partial charge is 0.391 e. The van der Waals surface area contributed by atoms with Crippen LogP contribution in [0.25, 0.3) is 0 Å². The van der Waals surface area contributed by atoms with E-state index in [4.69, 9.17) is 5.73 Å². The van der Waals surface area contributed by atoms with Gasteiger partial charge < -0.3 is 21.1 Å². The van der Waals surface area contributed by atoms with Crippen LogP contribution in [-0.2, 0) is 16.1 Å². The molecule has 0 aliphatic carbocycles. The average molecular weight is 332 g/mol. The molecule has 0 saturated carbocycles. The van der Waals surface area contributed by atoms with Gasteiger partial charge in [0.15, 0.2) is 0 Å². The highest BCUT2D eigenvalue weighted by Crippen LogP contribution is 2.29. The molecular weight excluding hydrogens is 308 g/mol. The molecule has 7 nitrogen and oxygen atoms in total. The first-order chi connectivity index (χ1) is 11.4. The SMILES string of the molecule is CC(O)[C@H](N)C(=O)N1CCN(Cc2ccccc2)C2(CNC2=O)C1. The Hall–Kier alpha value is -1.96. The molecule has 2 fully saturated rings. The Balaban J connectivity index is 1.76. The number of nitrogens with one attached hydrogen (secondary N) is 1. The molecule has 3 atom stereocenters.